The summed E-state index contributed by atoms with van der Waals surface area (Å²) in [7, 11) is -1.71. The predicted molar refractivity (Wildman–Crippen MR) is 95.1 cm³/mol. The minimum Gasteiger partial charge on any atom is -0.383 e. The summed E-state index contributed by atoms with van der Waals surface area (Å²) >= 11 is 0. The van der Waals surface area contributed by atoms with Crippen LogP contribution in [0.3, 0.4) is 0 Å². The molecule has 0 saturated heterocycles. The van der Waals surface area contributed by atoms with E-state index in [1.165, 1.54) is 4.31 Å². The summed E-state index contributed by atoms with van der Waals surface area (Å²) in [5, 5.41) is 5.44. The highest BCUT2D eigenvalue weighted by Crippen LogP contribution is 2.31. The quantitative estimate of drug-likeness (QED) is 0.732. The Morgan fingerprint density at radius 1 is 1.38 bits per heavy atom. The molecule has 2 rings (SSSR count). The first-order valence-electron chi connectivity index (χ1n) is 8.15. The molecule has 1 aromatic rings. The van der Waals surface area contributed by atoms with Crippen LogP contribution in [0.25, 0.3) is 0 Å². The molecule has 0 aliphatic carbocycles. The van der Waals surface area contributed by atoms with Crippen molar-refractivity contribution >= 4 is 27.4 Å². The molecule has 0 aromatic heterocycles. The molecule has 0 unspecified atom stereocenters. The lowest BCUT2D eigenvalue weighted by Crippen LogP contribution is -2.37. The molecule has 2 N–H and O–H groups in total. The van der Waals surface area contributed by atoms with Gasteiger partial charge in [-0.15, -0.1) is 0 Å². The molecule has 1 heterocycles. The number of ether oxygens (including phenoxy) is 1. The Bertz CT molecular complexity index is 676. The van der Waals surface area contributed by atoms with Crippen LogP contribution in [0.2, 0.25) is 0 Å². The summed E-state index contributed by atoms with van der Waals surface area (Å²) in [6.45, 7) is 3.25. The third kappa shape index (κ3) is 4.61. The lowest BCUT2D eigenvalue weighted by molar-refractivity contribution is 0.198. The number of fused-ring (bicyclic) bond motifs is 1. The smallest absolute Gasteiger partial charge is 0.319 e. The molecule has 0 spiro atoms. The van der Waals surface area contributed by atoms with Crippen LogP contribution in [0.4, 0.5) is 16.2 Å². The topological polar surface area (TPSA) is 87.7 Å². The summed E-state index contributed by atoms with van der Waals surface area (Å²) in [5.41, 5.74) is 2.31. The van der Waals surface area contributed by atoms with Gasteiger partial charge in [-0.1, -0.05) is 6.92 Å². The van der Waals surface area contributed by atoms with Gasteiger partial charge in [-0.25, -0.2) is 13.2 Å². The number of amides is 2. The highest BCUT2D eigenvalue weighted by atomic mass is 32.2. The Morgan fingerprint density at radius 3 is 2.88 bits per heavy atom. The van der Waals surface area contributed by atoms with Crippen LogP contribution < -0.4 is 14.9 Å². The zero-order valence-corrected chi connectivity index (χ0v) is 15.0. The third-order valence-corrected chi connectivity index (χ3v) is 5.78. The van der Waals surface area contributed by atoms with E-state index in [0.717, 1.165) is 24.1 Å². The van der Waals surface area contributed by atoms with E-state index in [1.54, 1.807) is 19.2 Å². The summed E-state index contributed by atoms with van der Waals surface area (Å²) in [6.07, 6.45) is 2.17. The number of nitrogens with zero attached hydrogens (tertiary/aromatic N) is 1. The predicted octanol–water partition coefficient (Wildman–Crippen LogP) is 1.95. The van der Waals surface area contributed by atoms with Gasteiger partial charge < -0.3 is 15.4 Å². The summed E-state index contributed by atoms with van der Waals surface area (Å²) in [4.78, 5) is 11.8. The van der Waals surface area contributed by atoms with Gasteiger partial charge >= 0.3 is 6.03 Å². The van der Waals surface area contributed by atoms with E-state index in [1.807, 2.05) is 13.0 Å². The van der Waals surface area contributed by atoms with Crippen molar-refractivity contribution in [3.8, 4) is 0 Å². The van der Waals surface area contributed by atoms with E-state index in [-0.39, 0.29) is 11.8 Å². The zero-order valence-electron chi connectivity index (χ0n) is 14.2. The molecular formula is C16H25N3O4S. The lowest BCUT2D eigenvalue weighted by Gasteiger charge is -2.30. The number of benzene rings is 1. The van der Waals surface area contributed by atoms with Crippen LogP contribution in [-0.2, 0) is 21.2 Å². The van der Waals surface area contributed by atoms with Crippen LogP contribution in [0.5, 0.6) is 0 Å². The number of anilines is 2. The van der Waals surface area contributed by atoms with Crippen molar-refractivity contribution in [2.75, 3.05) is 42.2 Å². The third-order valence-electron chi connectivity index (χ3n) is 3.80. The van der Waals surface area contributed by atoms with Crippen LogP contribution in [0.15, 0.2) is 18.2 Å². The lowest BCUT2D eigenvalue weighted by atomic mass is 10.0. The molecule has 2 amide bonds. The normalized spacial score (nSPS) is 14.2. The van der Waals surface area contributed by atoms with Crippen LogP contribution in [0.1, 0.15) is 25.3 Å². The van der Waals surface area contributed by atoms with Crippen molar-refractivity contribution in [1.82, 2.24) is 5.32 Å². The minimum atomic E-state index is -3.28. The van der Waals surface area contributed by atoms with Gasteiger partial charge in [0.1, 0.15) is 0 Å². The van der Waals surface area contributed by atoms with Gasteiger partial charge in [-0.3, -0.25) is 4.31 Å². The SMILES string of the molecule is CCCS(=O)(=O)N1CCCc2cc(NC(=O)NCCOC)ccc21. The summed E-state index contributed by atoms with van der Waals surface area (Å²) in [6, 6.07) is 5.04. The maximum atomic E-state index is 12.4. The molecule has 0 fully saturated rings. The molecule has 1 aliphatic rings. The number of sulfonamides is 1. The molecule has 1 aliphatic heterocycles. The number of carbonyl (C=O) groups excluding carboxylic acids is 1. The number of hydrogen-bond donors (Lipinski definition) is 2. The standard InChI is InChI=1S/C16H25N3O4S/c1-3-11-24(21,22)19-9-4-5-13-12-14(6-7-15(13)19)18-16(20)17-8-10-23-2/h6-7,12H,3-5,8-11H2,1-2H3,(H2,17,18,20). The second-order valence-corrected chi connectivity index (χ2v) is 7.72. The Morgan fingerprint density at radius 2 is 2.17 bits per heavy atom. The van der Waals surface area contributed by atoms with Crippen molar-refractivity contribution in [2.24, 2.45) is 0 Å². The van der Waals surface area contributed by atoms with Crippen molar-refractivity contribution < 1.29 is 17.9 Å². The molecule has 134 valence electrons. The van der Waals surface area contributed by atoms with E-state index < -0.39 is 10.0 Å². The van der Waals surface area contributed by atoms with Crippen LogP contribution in [0, 0.1) is 0 Å². The summed E-state index contributed by atoms with van der Waals surface area (Å²) < 4.78 is 31.2. The van der Waals surface area contributed by atoms with Crippen LogP contribution >= 0.6 is 0 Å². The fourth-order valence-corrected chi connectivity index (χ4v) is 4.36. The van der Waals surface area contributed by atoms with Gasteiger partial charge in [0.25, 0.3) is 0 Å². The fraction of sp³-hybridized carbons (Fsp3) is 0.562. The highest BCUT2D eigenvalue weighted by molar-refractivity contribution is 7.92. The molecule has 1 aromatic carbocycles. The molecular weight excluding hydrogens is 330 g/mol. The van der Waals surface area contributed by atoms with Crippen molar-refractivity contribution in [2.45, 2.75) is 26.2 Å². The van der Waals surface area contributed by atoms with Gasteiger partial charge in [0.05, 0.1) is 18.0 Å². The summed E-state index contributed by atoms with van der Waals surface area (Å²) in [5.74, 6) is 0.147. The van der Waals surface area contributed by atoms with E-state index >= 15 is 0 Å². The average molecular weight is 355 g/mol. The van der Waals surface area contributed by atoms with Gasteiger partial charge in [0.15, 0.2) is 0 Å². The number of aryl methyl sites for hydroxylation is 1. The highest BCUT2D eigenvalue weighted by Gasteiger charge is 2.26. The molecule has 7 nitrogen and oxygen atoms in total. The average Bonchev–Trinajstić information content (AvgIpc) is 2.54. The van der Waals surface area contributed by atoms with E-state index in [2.05, 4.69) is 10.6 Å². The van der Waals surface area contributed by atoms with E-state index in [4.69, 9.17) is 4.74 Å². The van der Waals surface area contributed by atoms with E-state index in [0.29, 0.717) is 31.8 Å². The largest absolute Gasteiger partial charge is 0.383 e. The monoisotopic (exact) mass is 355 g/mol. The maximum absolute atomic E-state index is 12.4. The Labute approximate surface area is 143 Å². The van der Waals surface area contributed by atoms with Gasteiger partial charge in [-0.05, 0) is 43.0 Å². The van der Waals surface area contributed by atoms with Crippen molar-refractivity contribution in [3.63, 3.8) is 0 Å². The molecule has 0 bridgehead atoms. The number of nitrogens with one attached hydrogen (secondary N) is 2. The van der Waals surface area contributed by atoms with Crippen molar-refractivity contribution in [3.05, 3.63) is 23.8 Å². The number of urea groups is 1. The number of methoxy groups -OCH3 is 1. The van der Waals surface area contributed by atoms with Crippen molar-refractivity contribution in [1.29, 1.82) is 0 Å². The van der Waals surface area contributed by atoms with Crippen LogP contribution in [-0.4, -0.2) is 47.0 Å². The Kier molecular flexibility index (Phi) is 6.44. The molecule has 0 atom stereocenters. The number of hydrogen-bond acceptors (Lipinski definition) is 4. The second kappa shape index (κ2) is 8.34. The minimum absolute atomic E-state index is 0.147. The zero-order chi connectivity index (χ0) is 17.6. The molecule has 0 radical (unpaired) electrons. The second-order valence-electron chi connectivity index (χ2n) is 5.71. The van der Waals surface area contributed by atoms with Gasteiger partial charge in [0.2, 0.25) is 10.0 Å². The van der Waals surface area contributed by atoms with Gasteiger partial charge in [0, 0.05) is 25.9 Å². The Hall–Kier alpha value is -1.80. The number of rotatable bonds is 7. The first kappa shape index (κ1) is 18.5. The first-order chi connectivity index (χ1) is 11.5. The molecule has 8 heteroatoms. The van der Waals surface area contributed by atoms with E-state index in [9.17, 15) is 13.2 Å². The maximum Gasteiger partial charge on any atom is 0.319 e. The molecule has 24 heavy (non-hydrogen) atoms. The van der Waals surface area contributed by atoms with Gasteiger partial charge in [-0.2, -0.15) is 0 Å². The fourth-order valence-electron chi connectivity index (χ4n) is 2.74. The Balaban J connectivity index is 2.12. The first-order valence-corrected chi connectivity index (χ1v) is 9.76. The number of carbonyl (C=O) groups is 1. The molecule has 0 saturated carbocycles.